The number of ether oxygens (including phenoxy) is 1. The minimum atomic E-state index is -3.47. The molecule has 3 rings (SSSR count). The third-order valence-electron chi connectivity index (χ3n) is 4.84. The van der Waals surface area contributed by atoms with Crippen molar-refractivity contribution >= 4 is 15.7 Å². The van der Waals surface area contributed by atoms with Crippen LogP contribution in [-0.4, -0.2) is 31.9 Å². The Morgan fingerprint density at radius 2 is 2.09 bits per heavy atom. The number of hydrogen-bond donors (Lipinski definition) is 1. The summed E-state index contributed by atoms with van der Waals surface area (Å²) in [7, 11) is -3.47. The van der Waals surface area contributed by atoms with E-state index in [-0.39, 0.29) is 6.04 Å². The highest BCUT2D eigenvalue weighted by molar-refractivity contribution is 7.93. The third kappa shape index (κ3) is 2.82. The second-order valence-electron chi connectivity index (χ2n) is 6.32. The van der Waals surface area contributed by atoms with Crippen molar-refractivity contribution in [1.29, 1.82) is 0 Å². The first-order valence-corrected chi connectivity index (χ1v) is 9.65. The minimum Gasteiger partial charge on any atom is -0.493 e. The van der Waals surface area contributed by atoms with Crippen molar-refractivity contribution in [1.82, 2.24) is 5.32 Å². The van der Waals surface area contributed by atoms with Crippen LogP contribution in [0.25, 0.3) is 0 Å². The fourth-order valence-corrected chi connectivity index (χ4v) is 4.68. The van der Waals surface area contributed by atoms with Crippen LogP contribution in [0.5, 0.6) is 5.75 Å². The Bertz CT molecular complexity index is 728. The summed E-state index contributed by atoms with van der Waals surface area (Å²) in [6, 6.07) is 3.85. The van der Waals surface area contributed by atoms with Crippen LogP contribution in [0, 0.1) is 5.82 Å². The maximum absolute atomic E-state index is 13.4. The summed E-state index contributed by atoms with van der Waals surface area (Å²) in [5.74, 6) is -0.439. The second kappa shape index (κ2) is 5.78. The van der Waals surface area contributed by atoms with Crippen LogP contribution in [-0.2, 0) is 14.6 Å². The van der Waals surface area contributed by atoms with Crippen LogP contribution < -0.4 is 10.1 Å². The second-order valence-corrected chi connectivity index (χ2v) is 8.64. The molecule has 0 bridgehead atoms. The summed E-state index contributed by atoms with van der Waals surface area (Å²) in [4.78, 5) is 12.6. The molecule has 0 aromatic heterocycles. The molecule has 1 aromatic carbocycles. The smallest absolute Gasteiger partial charge is 0.241 e. The number of carbonyl (C=O) groups excluding carboxylic acids is 1. The zero-order chi connectivity index (χ0) is 16.7. The van der Waals surface area contributed by atoms with Gasteiger partial charge >= 0.3 is 0 Å². The number of sulfone groups is 1. The Kier molecular flexibility index (Phi) is 4.08. The fourth-order valence-electron chi connectivity index (χ4n) is 3.25. The van der Waals surface area contributed by atoms with E-state index in [4.69, 9.17) is 4.74 Å². The van der Waals surface area contributed by atoms with Crippen LogP contribution in [0.3, 0.4) is 0 Å². The number of carbonyl (C=O) groups is 1. The van der Waals surface area contributed by atoms with Crippen molar-refractivity contribution < 1.29 is 22.3 Å². The van der Waals surface area contributed by atoms with E-state index in [1.165, 1.54) is 12.1 Å². The topological polar surface area (TPSA) is 72.5 Å². The molecular weight excluding hydrogens is 321 g/mol. The number of amides is 1. The summed E-state index contributed by atoms with van der Waals surface area (Å²) < 4.78 is 41.7. The molecule has 1 atom stereocenters. The Labute approximate surface area is 135 Å². The van der Waals surface area contributed by atoms with Gasteiger partial charge < -0.3 is 10.1 Å². The van der Waals surface area contributed by atoms with Crippen LogP contribution >= 0.6 is 0 Å². The molecule has 5 nitrogen and oxygen atoms in total. The zero-order valence-corrected chi connectivity index (χ0v) is 13.8. The molecule has 0 unspecified atom stereocenters. The number of hydrogen-bond acceptors (Lipinski definition) is 4. The summed E-state index contributed by atoms with van der Waals surface area (Å²) in [6.07, 6.45) is 3.90. The van der Waals surface area contributed by atoms with Gasteiger partial charge in [-0.05, 0) is 38.2 Å². The number of halogens is 1. The molecule has 1 aliphatic carbocycles. The van der Waals surface area contributed by atoms with Gasteiger partial charge in [-0.3, -0.25) is 4.79 Å². The SMILES string of the molecule is CS(=O)(=O)C1(C(=O)N[C@@H]2CCCOc3cc(F)ccc32)CCC1. The monoisotopic (exact) mass is 341 g/mol. The fraction of sp³-hybridized carbons (Fsp3) is 0.562. The van der Waals surface area contributed by atoms with Crippen LogP contribution in [0.2, 0.25) is 0 Å². The summed E-state index contributed by atoms with van der Waals surface area (Å²) in [5.41, 5.74) is 0.695. The molecule has 126 valence electrons. The Balaban J connectivity index is 1.87. The quantitative estimate of drug-likeness (QED) is 0.914. The first-order valence-electron chi connectivity index (χ1n) is 7.76. The summed E-state index contributed by atoms with van der Waals surface area (Å²) in [6.45, 7) is 0.444. The highest BCUT2D eigenvalue weighted by atomic mass is 32.2. The molecule has 1 amide bonds. The molecule has 7 heteroatoms. The van der Waals surface area contributed by atoms with Crippen molar-refractivity contribution in [2.75, 3.05) is 12.9 Å². The lowest BCUT2D eigenvalue weighted by Gasteiger charge is -2.39. The van der Waals surface area contributed by atoms with E-state index in [0.717, 1.165) is 12.7 Å². The van der Waals surface area contributed by atoms with E-state index in [1.54, 1.807) is 6.07 Å². The molecule has 1 N–H and O–H groups in total. The number of fused-ring (bicyclic) bond motifs is 1. The molecule has 1 fully saturated rings. The molecule has 1 aliphatic heterocycles. The number of rotatable bonds is 3. The van der Waals surface area contributed by atoms with Crippen LogP contribution in [0.15, 0.2) is 18.2 Å². The van der Waals surface area contributed by atoms with Crippen LogP contribution in [0.4, 0.5) is 4.39 Å². The third-order valence-corrected chi connectivity index (χ3v) is 6.85. The predicted molar refractivity (Wildman–Crippen MR) is 83.4 cm³/mol. The van der Waals surface area contributed by atoms with Crippen molar-refractivity contribution in [3.63, 3.8) is 0 Å². The van der Waals surface area contributed by atoms with E-state index in [0.29, 0.717) is 43.6 Å². The number of benzene rings is 1. The maximum Gasteiger partial charge on any atom is 0.241 e. The van der Waals surface area contributed by atoms with E-state index in [1.807, 2.05) is 0 Å². The molecule has 0 radical (unpaired) electrons. The molecule has 1 aromatic rings. The van der Waals surface area contributed by atoms with Gasteiger partial charge in [-0.15, -0.1) is 0 Å². The van der Waals surface area contributed by atoms with E-state index < -0.39 is 26.3 Å². The van der Waals surface area contributed by atoms with E-state index in [2.05, 4.69) is 5.32 Å². The lowest BCUT2D eigenvalue weighted by atomic mass is 9.83. The number of nitrogens with one attached hydrogen (secondary N) is 1. The molecule has 0 saturated heterocycles. The van der Waals surface area contributed by atoms with Crippen molar-refractivity contribution in [3.05, 3.63) is 29.6 Å². The van der Waals surface area contributed by atoms with Gasteiger partial charge in [0.25, 0.3) is 0 Å². The van der Waals surface area contributed by atoms with Gasteiger partial charge in [0.2, 0.25) is 5.91 Å². The van der Waals surface area contributed by atoms with Gasteiger partial charge in [0.05, 0.1) is 12.6 Å². The summed E-state index contributed by atoms with van der Waals surface area (Å²) >= 11 is 0. The molecule has 23 heavy (non-hydrogen) atoms. The largest absolute Gasteiger partial charge is 0.493 e. The van der Waals surface area contributed by atoms with Gasteiger partial charge in [0.1, 0.15) is 16.3 Å². The predicted octanol–water partition coefficient (Wildman–Crippen LogP) is 2.12. The minimum absolute atomic E-state index is 0.358. The highest BCUT2D eigenvalue weighted by Crippen LogP contribution is 2.40. The zero-order valence-electron chi connectivity index (χ0n) is 13.0. The average Bonchev–Trinajstić information content (AvgIpc) is 2.57. The Morgan fingerprint density at radius 3 is 2.70 bits per heavy atom. The Morgan fingerprint density at radius 1 is 1.35 bits per heavy atom. The molecule has 0 spiro atoms. The molecule has 2 aliphatic rings. The first kappa shape index (κ1) is 16.2. The van der Waals surface area contributed by atoms with Gasteiger partial charge in [-0.2, -0.15) is 0 Å². The van der Waals surface area contributed by atoms with Gasteiger partial charge in [0.15, 0.2) is 9.84 Å². The highest BCUT2D eigenvalue weighted by Gasteiger charge is 2.53. The van der Waals surface area contributed by atoms with Gasteiger partial charge in [-0.25, -0.2) is 12.8 Å². The van der Waals surface area contributed by atoms with Gasteiger partial charge in [0, 0.05) is 17.9 Å². The van der Waals surface area contributed by atoms with Crippen molar-refractivity contribution in [2.45, 2.75) is 42.9 Å². The normalized spacial score (nSPS) is 23.0. The van der Waals surface area contributed by atoms with E-state index >= 15 is 0 Å². The van der Waals surface area contributed by atoms with Crippen LogP contribution in [0.1, 0.15) is 43.7 Å². The van der Waals surface area contributed by atoms with Crippen molar-refractivity contribution in [3.8, 4) is 5.75 Å². The molecule has 1 heterocycles. The average molecular weight is 341 g/mol. The van der Waals surface area contributed by atoms with E-state index in [9.17, 15) is 17.6 Å². The van der Waals surface area contributed by atoms with Gasteiger partial charge in [-0.1, -0.05) is 6.07 Å². The lowest BCUT2D eigenvalue weighted by Crippen LogP contribution is -2.57. The van der Waals surface area contributed by atoms with Crippen molar-refractivity contribution in [2.24, 2.45) is 0 Å². The lowest BCUT2D eigenvalue weighted by molar-refractivity contribution is -0.126. The summed E-state index contributed by atoms with van der Waals surface area (Å²) in [5, 5.41) is 2.86. The Hall–Kier alpha value is -1.63. The first-order chi connectivity index (χ1) is 10.8. The maximum atomic E-state index is 13.4. The standard InChI is InChI=1S/C16H20FNO4S/c1-23(20,21)16(7-3-8-16)15(19)18-13-4-2-9-22-14-10-11(17)5-6-12(13)14/h5-6,10,13H,2-4,7-9H2,1H3,(H,18,19)/t13-/m1/s1. The molecule has 1 saturated carbocycles. The molecular formula is C16H20FNO4S.